The molecule has 3 rings (SSSR count). The fourth-order valence-corrected chi connectivity index (χ4v) is 3.72. The molecule has 3 N–H and O–H groups in total. The quantitative estimate of drug-likeness (QED) is 0.412. The molecule has 5 nitrogen and oxygen atoms in total. The average Bonchev–Trinajstić information content (AvgIpc) is 2.80. The van der Waals surface area contributed by atoms with E-state index in [2.05, 4.69) is 17.6 Å². The Morgan fingerprint density at radius 1 is 1.06 bits per heavy atom. The maximum atomic E-state index is 13.3. The van der Waals surface area contributed by atoms with Gasteiger partial charge in [-0.25, -0.2) is 0 Å². The van der Waals surface area contributed by atoms with Gasteiger partial charge in [-0.3, -0.25) is 4.79 Å². The number of nitrogens with zero attached hydrogens (tertiary/aromatic N) is 1. The number of halogens is 1. The van der Waals surface area contributed by atoms with E-state index in [0.29, 0.717) is 16.8 Å². The second kappa shape index (κ2) is 10.9. The molecule has 0 saturated carbocycles. The lowest BCUT2D eigenvalue weighted by Crippen LogP contribution is -2.42. The highest BCUT2D eigenvalue weighted by Gasteiger charge is 2.38. The zero-order chi connectivity index (χ0) is 23.0. The molecule has 0 aliphatic carbocycles. The standard InChI is InChI=1S/C26H26ClN3O2/c1-2-13-29-18-20-8-6-7-19(14-20)16-26(32,22-9-4-3-5-10-22)25(31)30-23-12-11-21(17-28)24(27)15-23/h3-12,14-15,29,32H,2,13,16,18H2,1H3,(H,30,31). The number of anilines is 1. The van der Waals surface area contributed by atoms with Crippen molar-refractivity contribution in [1.29, 1.82) is 5.26 Å². The van der Waals surface area contributed by atoms with Gasteiger partial charge in [-0.2, -0.15) is 5.26 Å². The molecular weight excluding hydrogens is 422 g/mol. The molecule has 6 heteroatoms. The van der Waals surface area contributed by atoms with Crippen molar-refractivity contribution >= 4 is 23.2 Å². The molecular formula is C26H26ClN3O2. The Hall–Kier alpha value is -3.17. The average molecular weight is 448 g/mol. The summed E-state index contributed by atoms with van der Waals surface area (Å²) in [6, 6.07) is 23.4. The van der Waals surface area contributed by atoms with Gasteiger partial charge in [-0.1, -0.05) is 73.1 Å². The number of hydrogen-bond acceptors (Lipinski definition) is 4. The molecule has 3 aromatic rings. The lowest BCUT2D eigenvalue weighted by molar-refractivity contribution is -0.135. The first kappa shape index (κ1) is 23.5. The second-order valence-electron chi connectivity index (χ2n) is 7.66. The largest absolute Gasteiger partial charge is 0.375 e. The fraction of sp³-hybridized carbons (Fsp3) is 0.231. The van der Waals surface area contributed by atoms with Crippen molar-refractivity contribution < 1.29 is 9.90 Å². The molecule has 0 spiro atoms. The third-order valence-corrected chi connectivity index (χ3v) is 5.49. The predicted octanol–water partition coefficient (Wildman–Crippen LogP) is 4.78. The van der Waals surface area contributed by atoms with E-state index < -0.39 is 11.5 Å². The molecule has 0 bridgehead atoms. The van der Waals surface area contributed by atoms with Crippen molar-refractivity contribution in [2.24, 2.45) is 0 Å². The third-order valence-electron chi connectivity index (χ3n) is 5.18. The van der Waals surface area contributed by atoms with Crippen LogP contribution in [-0.4, -0.2) is 17.6 Å². The molecule has 32 heavy (non-hydrogen) atoms. The van der Waals surface area contributed by atoms with Crippen molar-refractivity contribution in [3.8, 4) is 6.07 Å². The van der Waals surface area contributed by atoms with Gasteiger partial charge >= 0.3 is 0 Å². The smallest absolute Gasteiger partial charge is 0.261 e. The number of carbonyl (C=O) groups excluding carboxylic acids is 1. The van der Waals surface area contributed by atoms with Crippen LogP contribution in [0.3, 0.4) is 0 Å². The van der Waals surface area contributed by atoms with Gasteiger partial charge in [0.05, 0.1) is 10.6 Å². The molecule has 0 aliphatic heterocycles. The highest BCUT2D eigenvalue weighted by atomic mass is 35.5. The summed E-state index contributed by atoms with van der Waals surface area (Å²) in [6.07, 6.45) is 1.15. The van der Waals surface area contributed by atoms with Crippen molar-refractivity contribution in [2.75, 3.05) is 11.9 Å². The van der Waals surface area contributed by atoms with E-state index in [0.717, 1.165) is 30.6 Å². The Balaban J connectivity index is 1.89. The van der Waals surface area contributed by atoms with Gasteiger partial charge in [0.1, 0.15) is 6.07 Å². The number of nitrogens with one attached hydrogen (secondary N) is 2. The van der Waals surface area contributed by atoms with E-state index in [1.165, 1.54) is 12.1 Å². The molecule has 0 aliphatic rings. The van der Waals surface area contributed by atoms with Gasteiger partial charge in [0.25, 0.3) is 5.91 Å². The van der Waals surface area contributed by atoms with Crippen LogP contribution >= 0.6 is 11.6 Å². The van der Waals surface area contributed by atoms with Crippen molar-refractivity contribution in [3.05, 3.63) is 100 Å². The Morgan fingerprint density at radius 2 is 1.81 bits per heavy atom. The molecule has 0 heterocycles. The normalized spacial score (nSPS) is 12.6. The number of aliphatic hydroxyl groups is 1. The Morgan fingerprint density at radius 3 is 2.50 bits per heavy atom. The van der Waals surface area contributed by atoms with E-state index >= 15 is 0 Å². The molecule has 3 aromatic carbocycles. The van der Waals surface area contributed by atoms with Crippen LogP contribution < -0.4 is 10.6 Å². The van der Waals surface area contributed by atoms with Gasteiger partial charge in [0.2, 0.25) is 0 Å². The highest BCUT2D eigenvalue weighted by Crippen LogP contribution is 2.29. The summed E-state index contributed by atoms with van der Waals surface area (Å²) >= 11 is 6.10. The van der Waals surface area contributed by atoms with Crippen LogP contribution in [0, 0.1) is 11.3 Å². The Kier molecular flexibility index (Phi) is 8.02. The SMILES string of the molecule is CCCNCc1cccc(CC(O)(C(=O)Nc2ccc(C#N)c(Cl)c2)c2ccccc2)c1. The molecule has 0 aromatic heterocycles. The lowest BCUT2D eigenvalue weighted by Gasteiger charge is -2.28. The summed E-state index contributed by atoms with van der Waals surface area (Å²) < 4.78 is 0. The first-order valence-electron chi connectivity index (χ1n) is 10.5. The third kappa shape index (κ3) is 5.74. The summed E-state index contributed by atoms with van der Waals surface area (Å²) in [6.45, 7) is 3.76. The maximum absolute atomic E-state index is 13.3. The second-order valence-corrected chi connectivity index (χ2v) is 8.07. The number of benzene rings is 3. The predicted molar refractivity (Wildman–Crippen MR) is 127 cm³/mol. The molecule has 0 fully saturated rings. The van der Waals surface area contributed by atoms with Crippen LogP contribution in [0.1, 0.15) is 35.6 Å². The highest BCUT2D eigenvalue weighted by molar-refractivity contribution is 6.32. The lowest BCUT2D eigenvalue weighted by atomic mass is 9.86. The first-order chi connectivity index (χ1) is 15.5. The minimum absolute atomic E-state index is 0.106. The minimum atomic E-state index is -1.79. The van der Waals surface area contributed by atoms with E-state index in [1.54, 1.807) is 30.3 Å². The number of amides is 1. The van der Waals surface area contributed by atoms with E-state index in [1.807, 2.05) is 36.4 Å². The summed E-state index contributed by atoms with van der Waals surface area (Å²) in [7, 11) is 0. The van der Waals surface area contributed by atoms with Gasteiger partial charge in [0, 0.05) is 18.7 Å². The van der Waals surface area contributed by atoms with Gasteiger partial charge in [0.15, 0.2) is 5.60 Å². The maximum Gasteiger partial charge on any atom is 0.261 e. The molecule has 0 saturated heterocycles. The van der Waals surface area contributed by atoms with Crippen LogP contribution in [0.25, 0.3) is 0 Å². The van der Waals surface area contributed by atoms with Crippen molar-refractivity contribution in [2.45, 2.75) is 31.9 Å². The van der Waals surface area contributed by atoms with Crippen LogP contribution in [0.5, 0.6) is 0 Å². The van der Waals surface area contributed by atoms with Crippen molar-refractivity contribution in [1.82, 2.24) is 5.32 Å². The van der Waals surface area contributed by atoms with Gasteiger partial charge in [-0.05, 0) is 47.9 Å². The molecule has 1 unspecified atom stereocenters. The number of hydrogen-bond donors (Lipinski definition) is 3. The van der Waals surface area contributed by atoms with Crippen LogP contribution in [0.2, 0.25) is 5.02 Å². The summed E-state index contributed by atoms with van der Waals surface area (Å²) in [5, 5.41) is 27.0. The van der Waals surface area contributed by atoms with Crippen LogP contribution in [0.4, 0.5) is 5.69 Å². The summed E-state index contributed by atoms with van der Waals surface area (Å²) in [5.74, 6) is -0.570. The Bertz CT molecular complexity index is 1110. The fourth-order valence-electron chi connectivity index (χ4n) is 3.50. The van der Waals surface area contributed by atoms with E-state index in [4.69, 9.17) is 16.9 Å². The summed E-state index contributed by atoms with van der Waals surface area (Å²) in [5.41, 5.74) is 1.36. The molecule has 164 valence electrons. The summed E-state index contributed by atoms with van der Waals surface area (Å²) in [4.78, 5) is 13.3. The van der Waals surface area contributed by atoms with Crippen molar-refractivity contribution in [3.63, 3.8) is 0 Å². The Labute approximate surface area is 193 Å². The molecule has 1 amide bonds. The van der Waals surface area contributed by atoms with Gasteiger partial charge < -0.3 is 15.7 Å². The van der Waals surface area contributed by atoms with Crippen LogP contribution in [0.15, 0.2) is 72.8 Å². The van der Waals surface area contributed by atoms with E-state index in [-0.39, 0.29) is 11.4 Å². The number of rotatable bonds is 9. The minimum Gasteiger partial charge on any atom is -0.375 e. The monoisotopic (exact) mass is 447 g/mol. The van der Waals surface area contributed by atoms with E-state index in [9.17, 15) is 9.90 Å². The zero-order valence-corrected chi connectivity index (χ0v) is 18.7. The van der Waals surface area contributed by atoms with Gasteiger partial charge in [-0.15, -0.1) is 0 Å². The first-order valence-corrected chi connectivity index (χ1v) is 10.9. The van der Waals surface area contributed by atoms with Crippen LogP contribution in [-0.2, 0) is 23.4 Å². The molecule has 1 atom stereocenters. The zero-order valence-electron chi connectivity index (χ0n) is 17.9. The number of carbonyl (C=O) groups is 1. The number of nitriles is 1. The topological polar surface area (TPSA) is 85.2 Å². The molecule has 0 radical (unpaired) electrons.